The quantitative estimate of drug-likeness (QED) is 0.572. The number of alkyl halides is 3. The number of hydrogen-bond donors (Lipinski definition) is 1. The monoisotopic (exact) mass is 451 g/mol. The van der Waals surface area contributed by atoms with Crippen molar-refractivity contribution in [1.29, 1.82) is 0 Å². The van der Waals surface area contributed by atoms with E-state index >= 15 is 0 Å². The van der Waals surface area contributed by atoms with Gasteiger partial charge < -0.3 is 5.32 Å². The van der Waals surface area contributed by atoms with Crippen LogP contribution in [-0.4, -0.2) is 15.7 Å². The van der Waals surface area contributed by atoms with E-state index in [9.17, 15) is 18.0 Å². The molecular formula is C20H17BrF3N3O. The molecule has 2 aromatic carbocycles. The van der Waals surface area contributed by atoms with E-state index in [0.29, 0.717) is 0 Å². The van der Waals surface area contributed by atoms with Crippen LogP contribution in [0.5, 0.6) is 0 Å². The fourth-order valence-electron chi connectivity index (χ4n) is 2.85. The van der Waals surface area contributed by atoms with E-state index in [0.717, 1.165) is 26.5 Å². The molecule has 0 aliphatic rings. The van der Waals surface area contributed by atoms with Crippen LogP contribution in [0.2, 0.25) is 0 Å². The highest BCUT2D eigenvalue weighted by Gasteiger charge is 2.40. The van der Waals surface area contributed by atoms with Crippen molar-refractivity contribution >= 4 is 21.8 Å². The molecule has 0 aliphatic heterocycles. The number of hydrogen-bond acceptors (Lipinski definition) is 2. The average Bonchev–Trinajstić information content (AvgIpc) is 3.08. The van der Waals surface area contributed by atoms with Crippen molar-refractivity contribution in [2.45, 2.75) is 26.1 Å². The Morgan fingerprint density at radius 1 is 1.14 bits per heavy atom. The third-order valence-corrected chi connectivity index (χ3v) is 5.00. The van der Waals surface area contributed by atoms with Crippen LogP contribution in [0.15, 0.2) is 59.2 Å². The van der Waals surface area contributed by atoms with Crippen molar-refractivity contribution in [2.75, 3.05) is 0 Å². The zero-order chi connectivity index (χ0) is 20.5. The molecule has 3 aromatic rings. The van der Waals surface area contributed by atoms with E-state index in [4.69, 9.17) is 0 Å². The number of aryl methyl sites for hydroxylation is 1. The lowest BCUT2D eigenvalue weighted by atomic mass is 10.1. The van der Waals surface area contributed by atoms with Crippen LogP contribution in [0.4, 0.5) is 13.2 Å². The number of benzene rings is 2. The number of nitrogens with zero attached hydrogens (tertiary/aromatic N) is 2. The molecule has 3 rings (SSSR count). The lowest BCUT2D eigenvalue weighted by Gasteiger charge is -2.17. The Balaban J connectivity index is 1.96. The molecule has 1 amide bonds. The second-order valence-electron chi connectivity index (χ2n) is 6.37. The maximum Gasteiger partial charge on any atom is 0.434 e. The fraction of sp³-hybridized carbons (Fsp3) is 0.200. The molecule has 1 heterocycles. The third kappa shape index (κ3) is 4.11. The van der Waals surface area contributed by atoms with Gasteiger partial charge in [-0.15, -0.1) is 0 Å². The molecule has 0 radical (unpaired) electrons. The summed E-state index contributed by atoms with van der Waals surface area (Å²) in [5.41, 5.74) is 0.274. The predicted octanol–water partition coefficient (Wildman–Crippen LogP) is 5.45. The summed E-state index contributed by atoms with van der Waals surface area (Å²) in [6, 6.07) is 13.1. The van der Waals surface area contributed by atoms with Crippen LogP contribution in [0.3, 0.4) is 0 Å². The summed E-state index contributed by atoms with van der Waals surface area (Å²) >= 11 is 3.38. The Morgan fingerprint density at radius 2 is 1.79 bits per heavy atom. The first-order valence-corrected chi connectivity index (χ1v) is 9.25. The molecule has 0 saturated heterocycles. The van der Waals surface area contributed by atoms with Crippen LogP contribution in [0, 0.1) is 6.92 Å². The summed E-state index contributed by atoms with van der Waals surface area (Å²) in [4.78, 5) is 12.6. The van der Waals surface area contributed by atoms with Crippen LogP contribution < -0.4 is 5.32 Å². The van der Waals surface area contributed by atoms with Crippen LogP contribution in [0.1, 0.15) is 40.1 Å². The Kier molecular flexibility index (Phi) is 5.60. The van der Waals surface area contributed by atoms with Crippen molar-refractivity contribution in [3.63, 3.8) is 0 Å². The number of aromatic nitrogens is 2. The van der Waals surface area contributed by atoms with Gasteiger partial charge in [0.15, 0.2) is 5.69 Å². The number of rotatable bonds is 4. The molecule has 1 atom stereocenters. The normalized spacial score (nSPS) is 12.6. The zero-order valence-electron chi connectivity index (χ0n) is 15.1. The number of nitrogens with one attached hydrogen (secondary N) is 1. The van der Waals surface area contributed by atoms with Gasteiger partial charge >= 0.3 is 6.18 Å². The predicted molar refractivity (Wildman–Crippen MR) is 103 cm³/mol. The van der Waals surface area contributed by atoms with Gasteiger partial charge in [0.1, 0.15) is 0 Å². The lowest BCUT2D eigenvalue weighted by molar-refractivity contribution is -0.143. The van der Waals surface area contributed by atoms with Crippen LogP contribution >= 0.6 is 15.9 Å². The standard InChI is InChI=1S/C20H17BrF3N3O/c1-12-7-9-14(10-8-12)27-18(20(22,23)24)16(11-25-27)19(28)26-13(2)15-5-3-4-6-17(15)21/h3-11,13H,1-2H3,(H,26,28). The summed E-state index contributed by atoms with van der Waals surface area (Å²) in [6.07, 6.45) is -3.80. The molecule has 0 saturated carbocycles. The molecule has 0 spiro atoms. The van der Waals surface area contributed by atoms with Gasteiger partial charge in [0, 0.05) is 4.47 Å². The minimum absolute atomic E-state index is 0.232. The molecular weight excluding hydrogens is 435 g/mol. The number of carbonyl (C=O) groups excluding carboxylic acids is 1. The average molecular weight is 452 g/mol. The molecule has 1 unspecified atom stereocenters. The van der Waals surface area contributed by atoms with E-state index < -0.39 is 29.4 Å². The SMILES string of the molecule is Cc1ccc(-n2ncc(C(=O)NC(C)c3ccccc3Br)c2C(F)(F)F)cc1. The van der Waals surface area contributed by atoms with Crippen molar-refractivity contribution in [3.05, 3.63) is 81.6 Å². The molecule has 0 fully saturated rings. The molecule has 1 N–H and O–H groups in total. The Bertz CT molecular complexity index is 997. The number of amides is 1. The third-order valence-electron chi connectivity index (χ3n) is 4.28. The van der Waals surface area contributed by atoms with Gasteiger partial charge in [-0.2, -0.15) is 18.3 Å². The first kappa shape index (κ1) is 20.1. The topological polar surface area (TPSA) is 46.9 Å². The van der Waals surface area contributed by atoms with Gasteiger partial charge in [-0.3, -0.25) is 4.79 Å². The number of halogens is 4. The first-order chi connectivity index (χ1) is 13.2. The second-order valence-corrected chi connectivity index (χ2v) is 7.22. The van der Waals surface area contributed by atoms with E-state index in [2.05, 4.69) is 26.3 Å². The number of carbonyl (C=O) groups is 1. The van der Waals surface area contributed by atoms with Crippen molar-refractivity contribution < 1.29 is 18.0 Å². The summed E-state index contributed by atoms with van der Waals surface area (Å²) in [7, 11) is 0. The fourth-order valence-corrected chi connectivity index (χ4v) is 3.48. The highest BCUT2D eigenvalue weighted by molar-refractivity contribution is 9.10. The largest absolute Gasteiger partial charge is 0.434 e. The summed E-state index contributed by atoms with van der Waals surface area (Å²) in [6.45, 7) is 3.54. The van der Waals surface area contributed by atoms with Gasteiger partial charge in [-0.1, -0.05) is 51.8 Å². The summed E-state index contributed by atoms with van der Waals surface area (Å²) in [5, 5.41) is 6.45. The second kappa shape index (κ2) is 7.79. The highest BCUT2D eigenvalue weighted by Crippen LogP contribution is 2.34. The Morgan fingerprint density at radius 3 is 2.39 bits per heavy atom. The highest BCUT2D eigenvalue weighted by atomic mass is 79.9. The molecule has 0 aliphatic carbocycles. The van der Waals surface area contributed by atoms with E-state index in [1.165, 1.54) is 12.1 Å². The smallest absolute Gasteiger partial charge is 0.345 e. The molecule has 146 valence electrons. The van der Waals surface area contributed by atoms with Gasteiger partial charge in [-0.05, 0) is 37.6 Å². The molecule has 4 nitrogen and oxygen atoms in total. The first-order valence-electron chi connectivity index (χ1n) is 8.46. The molecule has 28 heavy (non-hydrogen) atoms. The summed E-state index contributed by atoms with van der Waals surface area (Å²) < 4.78 is 42.7. The zero-order valence-corrected chi connectivity index (χ0v) is 16.7. The van der Waals surface area contributed by atoms with Crippen molar-refractivity contribution in [1.82, 2.24) is 15.1 Å². The van der Waals surface area contributed by atoms with E-state index in [1.54, 1.807) is 37.3 Å². The van der Waals surface area contributed by atoms with Gasteiger partial charge in [-0.25, -0.2) is 4.68 Å². The van der Waals surface area contributed by atoms with Crippen molar-refractivity contribution in [3.8, 4) is 5.69 Å². The van der Waals surface area contributed by atoms with Gasteiger partial charge in [0.05, 0.1) is 23.5 Å². The maximum atomic E-state index is 13.7. The summed E-state index contributed by atoms with van der Waals surface area (Å²) in [5.74, 6) is -0.839. The van der Waals surface area contributed by atoms with E-state index in [-0.39, 0.29) is 5.69 Å². The maximum absolute atomic E-state index is 13.7. The Hall–Kier alpha value is -2.61. The van der Waals surface area contributed by atoms with Crippen LogP contribution in [0.25, 0.3) is 5.69 Å². The molecule has 0 bridgehead atoms. The van der Waals surface area contributed by atoms with E-state index in [1.807, 2.05) is 13.0 Å². The van der Waals surface area contributed by atoms with Gasteiger partial charge in [0.25, 0.3) is 5.91 Å². The van der Waals surface area contributed by atoms with Crippen LogP contribution in [-0.2, 0) is 6.18 Å². The lowest BCUT2D eigenvalue weighted by Crippen LogP contribution is -2.29. The molecule has 1 aromatic heterocycles. The Labute approximate surface area is 168 Å². The minimum atomic E-state index is -4.75. The van der Waals surface area contributed by atoms with Gasteiger partial charge in [0.2, 0.25) is 0 Å². The minimum Gasteiger partial charge on any atom is -0.345 e. The van der Waals surface area contributed by atoms with Crippen molar-refractivity contribution in [2.24, 2.45) is 0 Å². The molecule has 8 heteroatoms.